The molecule has 0 atom stereocenters. The van der Waals surface area contributed by atoms with E-state index < -0.39 is 0 Å². The summed E-state index contributed by atoms with van der Waals surface area (Å²) in [6.45, 7) is 15.0. The summed E-state index contributed by atoms with van der Waals surface area (Å²) in [5, 5.41) is 0. The molecule has 0 unspecified atom stereocenters. The maximum Gasteiger partial charge on any atom is 0.0198 e. The van der Waals surface area contributed by atoms with Crippen molar-refractivity contribution in [1.82, 2.24) is 4.90 Å². The van der Waals surface area contributed by atoms with Gasteiger partial charge in [-0.25, -0.2) is 0 Å². The molecule has 88 valence electrons. The lowest BCUT2D eigenvalue weighted by molar-refractivity contribution is 0.190. The fraction of sp³-hybridized carbons (Fsp3) is 0.857. The molecular weight excluding hydrogens is 182 g/mol. The van der Waals surface area contributed by atoms with Gasteiger partial charge in [0.05, 0.1) is 0 Å². The molecule has 0 radical (unpaired) electrons. The highest BCUT2D eigenvalue weighted by Gasteiger charge is 2.24. The third kappa shape index (κ3) is 3.64. The third-order valence-corrected chi connectivity index (χ3v) is 3.40. The Morgan fingerprint density at radius 1 is 1.20 bits per heavy atom. The zero-order chi connectivity index (χ0) is 11.6. The minimum Gasteiger partial charge on any atom is -0.295 e. The molecule has 0 aromatic carbocycles. The normalized spacial score (nSPS) is 20.5. The van der Waals surface area contributed by atoms with Gasteiger partial charge in [-0.3, -0.25) is 4.90 Å². The Kier molecular flexibility index (Phi) is 3.99. The molecule has 0 spiro atoms. The van der Waals surface area contributed by atoms with Crippen LogP contribution in [0.25, 0.3) is 0 Å². The quantitative estimate of drug-likeness (QED) is 0.636. The Hall–Kier alpha value is -0.300. The molecule has 1 aliphatic carbocycles. The number of rotatable bonds is 4. The van der Waals surface area contributed by atoms with E-state index in [0.717, 1.165) is 0 Å². The zero-order valence-electron chi connectivity index (χ0n) is 11.3. The number of hydrogen-bond donors (Lipinski definition) is 0. The number of hydrogen-bond acceptors (Lipinski definition) is 1. The molecule has 0 N–H and O–H groups in total. The topological polar surface area (TPSA) is 3.24 Å². The molecule has 15 heavy (non-hydrogen) atoms. The van der Waals surface area contributed by atoms with E-state index in [9.17, 15) is 0 Å². The Balaban J connectivity index is 2.61. The molecule has 0 saturated carbocycles. The lowest BCUT2D eigenvalue weighted by atomic mass is 9.94. The van der Waals surface area contributed by atoms with Crippen molar-refractivity contribution in [2.45, 2.75) is 66.5 Å². The van der Waals surface area contributed by atoms with Crippen molar-refractivity contribution in [1.29, 1.82) is 0 Å². The average Bonchev–Trinajstić information content (AvgIpc) is 2.40. The van der Waals surface area contributed by atoms with Gasteiger partial charge in [-0.2, -0.15) is 0 Å². The second-order valence-corrected chi connectivity index (χ2v) is 6.15. The van der Waals surface area contributed by atoms with E-state index in [1.165, 1.54) is 19.4 Å². The second kappa shape index (κ2) is 4.69. The van der Waals surface area contributed by atoms with Crippen molar-refractivity contribution in [3.63, 3.8) is 0 Å². The van der Waals surface area contributed by atoms with E-state index in [-0.39, 0.29) is 0 Å². The molecule has 0 aromatic heterocycles. The van der Waals surface area contributed by atoms with Crippen LogP contribution in [0.4, 0.5) is 0 Å². The van der Waals surface area contributed by atoms with E-state index in [2.05, 4.69) is 52.5 Å². The first-order valence-corrected chi connectivity index (χ1v) is 6.28. The highest BCUT2D eigenvalue weighted by Crippen LogP contribution is 2.35. The van der Waals surface area contributed by atoms with E-state index in [1.54, 1.807) is 5.57 Å². The zero-order valence-corrected chi connectivity index (χ0v) is 11.3. The third-order valence-electron chi connectivity index (χ3n) is 3.40. The fourth-order valence-electron chi connectivity index (χ4n) is 2.50. The van der Waals surface area contributed by atoms with Gasteiger partial charge in [0, 0.05) is 18.6 Å². The van der Waals surface area contributed by atoms with Gasteiger partial charge in [0.15, 0.2) is 0 Å². The van der Waals surface area contributed by atoms with Gasteiger partial charge in [-0.15, -0.1) is 0 Å². The van der Waals surface area contributed by atoms with Gasteiger partial charge >= 0.3 is 0 Å². The molecule has 1 nitrogen and oxygen atoms in total. The standard InChI is InChI=1S/C14H27N/c1-11(2)15(12(3)4)10-13-7-8-14(5,6)9-13/h9,11-12H,7-8,10H2,1-6H3. The maximum atomic E-state index is 2.58. The molecule has 0 heterocycles. The van der Waals surface area contributed by atoms with Crippen LogP contribution in [0.5, 0.6) is 0 Å². The van der Waals surface area contributed by atoms with Gasteiger partial charge < -0.3 is 0 Å². The summed E-state index contributed by atoms with van der Waals surface area (Å²) in [7, 11) is 0. The smallest absolute Gasteiger partial charge is 0.0198 e. The van der Waals surface area contributed by atoms with Crippen molar-refractivity contribution in [2.24, 2.45) is 5.41 Å². The molecule has 0 fully saturated rings. The summed E-state index contributed by atoms with van der Waals surface area (Å²) in [5.41, 5.74) is 2.08. The first kappa shape index (κ1) is 12.8. The monoisotopic (exact) mass is 209 g/mol. The minimum atomic E-state index is 0.439. The fourth-order valence-corrected chi connectivity index (χ4v) is 2.50. The Morgan fingerprint density at radius 3 is 2.07 bits per heavy atom. The van der Waals surface area contributed by atoms with Crippen LogP contribution in [0, 0.1) is 5.41 Å². The Bertz CT molecular complexity index is 228. The predicted octanol–water partition coefficient (Wildman–Crippen LogP) is 3.85. The number of nitrogens with zero attached hydrogens (tertiary/aromatic N) is 1. The molecule has 1 aliphatic rings. The van der Waals surface area contributed by atoms with Crippen molar-refractivity contribution < 1.29 is 0 Å². The Labute approximate surface area is 95.5 Å². The molecule has 0 aliphatic heterocycles. The van der Waals surface area contributed by atoms with Crippen LogP contribution in [0.2, 0.25) is 0 Å². The maximum absolute atomic E-state index is 2.58. The van der Waals surface area contributed by atoms with Crippen LogP contribution < -0.4 is 0 Å². The van der Waals surface area contributed by atoms with Gasteiger partial charge in [0.25, 0.3) is 0 Å². The molecule has 1 heteroatoms. The predicted molar refractivity (Wildman–Crippen MR) is 68.1 cm³/mol. The van der Waals surface area contributed by atoms with Crippen LogP contribution in [0.15, 0.2) is 11.6 Å². The molecule has 0 bridgehead atoms. The molecule has 0 saturated heterocycles. The Morgan fingerprint density at radius 2 is 1.73 bits per heavy atom. The lowest BCUT2D eigenvalue weighted by Gasteiger charge is -2.31. The summed E-state index contributed by atoms with van der Waals surface area (Å²) < 4.78 is 0. The molecular formula is C14H27N. The van der Waals surface area contributed by atoms with E-state index in [0.29, 0.717) is 17.5 Å². The average molecular weight is 209 g/mol. The largest absolute Gasteiger partial charge is 0.295 e. The van der Waals surface area contributed by atoms with Crippen LogP contribution in [0.3, 0.4) is 0 Å². The summed E-state index contributed by atoms with van der Waals surface area (Å²) in [4.78, 5) is 2.58. The van der Waals surface area contributed by atoms with Crippen molar-refractivity contribution in [3.8, 4) is 0 Å². The van der Waals surface area contributed by atoms with Crippen LogP contribution in [0.1, 0.15) is 54.4 Å². The lowest BCUT2D eigenvalue weighted by Crippen LogP contribution is -2.38. The van der Waals surface area contributed by atoms with Crippen molar-refractivity contribution in [3.05, 3.63) is 11.6 Å². The van der Waals surface area contributed by atoms with Crippen LogP contribution in [-0.2, 0) is 0 Å². The summed E-state index contributed by atoms with van der Waals surface area (Å²) in [6, 6.07) is 1.30. The minimum absolute atomic E-state index is 0.439. The van der Waals surface area contributed by atoms with E-state index >= 15 is 0 Å². The molecule has 0 amide bonds. The van der Waals surface area contributed by atoms with E-state index in [4.69, 9.17) is 0 Å². The molecule has 1 rings (SSSR count). The van der Waals surface area contributed by atoms with Gasteiger partial charge in [-0.05, 0) is 46.0 Å². The highest BCUT2D eigenvalue weighted by molar-refractivity contribution is 5.16. The van der Waals surface area contributed by atoms with Gasteiger partial charge in [0.1, 0.15) is 0 Å². The molecule has 0 aromatic rings. The summed E-state index contributed by atoms with van der Waals surface area (Å²) in [6.07, 6.45) is 5.11. The summed E-state index contributed by atoms with van der Waals surface area (Å²) >= 11 is 0. The number of allylic oxidation sites excluding steroid dienone is 1. The highest BCUT2D eigenvalue weighted by atomic mass is 15.2. The van der Waals surface area contributed by atoms with Gasteiger partial charge in [-0.1, -0.05) is 25.5 Å². The second-order valence-electron chi connectivity index (χ2n) is 6.15. The SMILES string of the molecule is CC(C)N(CC1=CC(C)(C)CC1)C(C)C. The van der Waals surface area contributed by atoms with E-state index in [1.807, 2.05) is 0 Å². The first-order chi connectivity index (χ1) is 6.82. The summed E-state index contributed by atoms with van der Waals surface area (Å²) in [5.74, 6) is 0. The van der Waals surface area contributed by atoms with Crippen LogP contribution >= 0.6 is 0 Å². The van der Waals surface area contributed by atoms with Crippen molar-refractivity contribution >= 4 is 0 Å². The van der Waals surface area contributed by atoms with Crippen molar-refractivity contribution in [2.75, 3.05) is 6.54 Å². The van der Waals surface area contributed by atoms with Gasteiger partial charge in [0.2, 0.25) is 0 Å². The van der Waals surface area contributed by atoms with Crippen LogP contribution in [-0.4, -0.2) is 23.5 Å². The first-order valence-electron chi connectivity index (χ1n) is 6.28.